The molecule has 1 amide bonds. The van der Waals surface area contributed by atoms with Crippen LogP contribution in [0.3, 0.4) is 0 Å². The zero-order valence-corrected chi connectivity index (χ0v) is 20.3. The van der Waals surface area contributed by atoms with Crippen LogP contribution < -0.4 is 10.2 Å². The van der Waals surface area contributed by atoms with Crippen LogP contribution in [-0.2, 0) is 9.09 Å². The SMILES string of the molecule is CCCCCCCCCCCC[N+](C)(C)C.CCCCOP(=O)([O-])C(=O)NC. The van der Waals surface area contributed by atoms with Crippen LogP contribution >= 0.6 is 7.60 Å². The van der Waals surface area contributed by atoms with Crippen molar-refractivity contribution in [1.29, 1.82) is 0 Å². The Hall–Kier alpha value is -0.420. The molecule has 0 rings (SSSR count). The molecule has 0 radical (unpaired) electrons. The van der Waals surface area contributed by atoms with Crippen molar-refractivity contribution in [3.8, 4) is 0 Å². The number of carbonyl (C=O) groups is 1. The summed E-state index contributed by atoms with van der Waals surface area (Å²) in [6.07, 6.45) is 15.9. The van der Waals surface area contributed by atoms with Crippen LogP contribution in [0.1, 0.15) is 90.9 Å². The third kappa shape index (κ3) is 21.9. The number of carbonyl (C=O) groups excluding carboxylic acids is 1. The molecule has 0 aliphatic heterocycles. The van der Waals surface area contributed by atoms with Gasteiger partial charge < -0.3 is 19.2 Å². The number of rotatable bonds is 16. The highest BCUT2D eigenvalue weighted by Gasteiger charge is 2.17. The lowest BCUT2D eigenvalue weighted by atomic mass is 10.1. The summed E-state index contributed by atoms with van der Waals surface area (Å²) in [7, 11) is 3.79. The lowest BCUT2D eigenvalue weighted by Gasteiger charge is -2.23. The van der Waals surface area contributed by atoms with Crippen molar-refractivity contribution < 1.29 is 23.3 Å². The topological polar surface area (TPSA) is 78.5 Å². The Bertz CT molecular complexity index is 412. The number of quaternary nitrogens is 1. The zero-order valence-electron chi connectivity index (χ0n) is 19.4. The third-order valence-corrected chi connectivity index (χ3v) is 5.65. The Labute approximate surface area is 174 Å². The Morgan fingerprint density at radius 1 is 0.857 bits per heavy atom. The van der Waals surface area contributed by atoms with Crippen LogP contribution in [0.5, 0.6) is 0 Å². The van der Waals surface area contributed by atoms with Gasteiger partial charge >= 0.3 is 0 Å². The maximum atomic E-state index is 10.8. The van der Waals surface area contributed by atoms with Gasteiger partial charge in [0, 0.05) is 7.05 Å². The van der Waals surface area contributed by atoms with Crippen molar-refractivity contribution in [2.75, 3.05) is 41.3 Å². The van der Waals surface area contributed by atoms with E-state index in [-0.39, 0.29) is 6.61 Å². The van der Waals surface area contributed by atoms with Crippen LogP contribution in [0.2, 0.25) is 0 Å². The van der Waals surface area contributed by atoms with Crippen molar-refractivity contribution in [1.82, 2.24) is 5.32 Å². The van der Waals surface area contributed by atoms with E-state index in [1.165, 1.54) is 77.8 Å². The molecule has 0 saturated carbocycles. The van der Waals surface area contributed by atoms with E-state index in [0.717, 1.165) is 10.9 Å². The Balaban J connectivity index is 0. The van der Waals surface area contributed by atoms with Crippen LogP contribution in [0, 0.1) is 0 Å². The van der Waals surface area contributed by atoms with Gasteiger partial charge in [-0.1, -0.05) is 71.6 Å². The standard InChI is InChI=1S/C15H34N.C6H14NO4P/c1-5-6-7-8-9-10-11-12-13-14-15-16(2,3)4;1-3-4-5-11-12(9,10)6(8)7-2/h5-15H2,1-4H3;3-5H2,1-2H3,(H,7,8)(H,9,10)/q+1;/p-1. The highest BCUT2D eigenvalue weighted by molar-refractivity contribution is 7.69. The van der Waals surface area contributed by atoms with Gasteiger partial charge in [0.1, 0.15) is 0 Å². The molecule has 0 spiro atoms. The molecular formula is C21H47N2O4P. The van der Waals surface area contributed by atoms with E-state index in [1.54, 1.807) is 0 Å². The van der Waals surface area contributed by atoms with Crippen molar-refractivity contribution in [2.45, 2.75) is 90.9 Å². The molecule has 1 atom stereocenters. The molecule has 170 valence electrons. The second-order valence-corrected chi connectivity index (χ2v) is 10.1. The molecule has 0 fully saturated rings. The highest BCUT2D eigenvalue weighted by Crippen LogP contribution is 2.37. The number of amides is 1. The molecule has 0 aromatic carbocycles. The first-order valence-corrected chi connectivity index (χ1v) is 12.6. The van der Waals surface area contributed by atoms with E-state index >= 15 is 0 Å². The summed E-state index contributed by atoms with van der Waals surface area (Å²) in [6, 6.07) is 0. The van der Waals surface area contributed by atoms with E-state index in [2.05, 4.69) is 32.6 Å². The maximum Gasteiger partial charge on any atom is 0.291 e. The summed E-state index contributed by atoms with van der Waals surface area (Å²) in [6.45, 7) is 5.59. The monoisotopic (exact) mass is 422 g/mol. The smallest absolute Gasteiger partial charge is 0.291 e. The second kappa shape index (κ2) is 18.6. The van der Waals surface area contributed by atoms with Crippen LogP contribution in [-0.4, -0.2) is 51.5 Å². The molecule has 0 heterocycles. The Morgan fingerprint density at radius 2 is 1.29 bits per heavy atom. The molecule has 0 bridgehead atoms. The van der Waals surface area contributed by atoms with Gasteiger partial charge in [-0.3, -0.25) is 9.36 Å². The molecule has 1 unspecified atom stereocenters. The first-order chi connectivity index (χ1) is 13.1. The molecule has 0 aromatic rings. The summed E-state index contributed by atoms with van der Waals surface area (Å²) in [4.78, 5) is 21.4. The van der Waals surface area contributed by atoms with Gasteiger partial charge in [-0.05, 0) is 19.3 Å². The Morgan fingerprint density at radius 3 is 1.68 bits per heavy atom. The minimum absolute atomic E-state index is 0.0741. The predicted molar refractivity (Wildman–Crippen MR) is 118 cm³/mol. The average Bonchev–Trinajstić information content (AvgIpc) is 2.62. The van der Waals surface area contributed by atoms with E-state index < -0.39 is 13.2 Å². The van der Waals surface area contributed by atoms with Crippen molar-refractivity contribution in [3.63, 3.8) is 0 Å². The van der Waals surface area contributed by atoms with E-state index in [0.29, 0.717) is 6.42 Å². The summed E-state index contributed by atoms with van der Waals surface area (Å²) < 4.78 is 16.4. The zero-order chi connectivity index (χ0) is 21.9. The van der Waals surface area contributed by atoms with Gasteiger partial charge in [0.2, 0.25) is 7.60 Å². The maximum absolute atomic E-state index is 10.8. The fourth-order valence-electron chi connectivity index (χ4n) is 2.60. The fraction of sp³-hybridized carbons (Fsp3) is 0.952. The lowest BCUT2D eigenvalue weighted by molar-refractivity contribution is -0.870. The first kappa shape index (κ1) is 29.8. The molecule has 0 saturated heterocycles. The van der Waals surface area contributed by atoms with Gasteiger partial charge in [0.05, 0.1) is 34.3 Å². The lowest BCUT2D eigenvalue weighted by Crippen LogP contribution is -2.35. The van der Waals surface area contributed by atoms with Crippen LogP contribution in [0.15, 0.2) is 0 Å². The van der Waals surface area contributed by atoms with Crippen molar-refractivity contribution >= 4 is 13.2 Å². The quantitative estimate of drug-likeness (QED) is 0.208. The minimum Gasteiger partial charge on any atom is -0.772 e. The summed E-state index contributed by atoms with van der Waals surface area (Å²) >= 11 is 0. The molecule has 6 nitrogen and oxygen atoms in total. The van der Waals surface area contributed by atoms with E-state index in [1.807, 2.05) is 12.2 Å². The molecular weight excluding hydrogens is 375 g/mol. The van der Waals surface area contributed by atoms with E-state index in [9.17, 15) is 14.3 Å². The highest BCUT2D eigenvalue weighted by atomic mass is 31.2. The largest absolute Gasteiger partial charge is 0.772 e. The number of nitrogens with one attached hydrogen (secondary N) is 1. The van der Waals surface area contributed by atoms with Gasteiger partial charge in [0.25, 0.3) is 5.65 Å². The van der Waals surface area contributed by atoms with E-state index in [4.69, 9.17) is 0 Å². The number of hydrogen-bond acceptors (Lipinski definition) is 4. The van der Waals surface area contributed by atoms with Gasteiger partial charge in [-0.2, -0.15) is 0 Å². The molecule has 0 aromatic heterocycles. The third-order valence-electron chi connectivity index (χ3n) is 4.40. The van der Waals surface area contributed by atoms with Crippen molar-refractivity contribution in [3.05, 3.63) is 0 Å². The number of hydrogen-bond donors (Lipinski definition) is 1. The van der Waals surface area contributed by atoms with Gasteiger partial charge in [-0.25, -0.2) is 0 Å². The van der Waals surface area contributed by atoms with Crippen LogP contribution in [0.4, 0.5) is 4.79 Å². The molecule has 28 heavy (non-hydrogen) atoms. The summed E-state index contributed by atoms with van der Waals surface area (Å²) in [5.74, 6) is 0. The van der Waals surface area contributed by atoms with Gasteiger partial charge in [0.15, 0.2) is 0 Å². The predicted octanol–water partition coefficient (Wildman–Crippen LogP) is 5.31. The fourth-order valence-corrected chi connectivity index (χ4v) is 3.36. The minimum atomic E-state index is -4.31. The molecule has 0 aliphatic rings. The number of unbranched alkanes of at least 4 members (excludes halogenated alkanes) is 10. The average molecular weight is 423 g/mol. The number of nitrogens with zero attached hydrogens (tertiary/aromatic N) is 1. The molecule has 0 aliphatic carbocycles. The summed E-state index contributed by atoms with van der Waals surface area (Å²) in [5, 5.41) is 1.99. The molecule has 7 heteroatoms. The first-order valence-electron chi connectivity index (χ1n) is 11.1. The summed E-state index contributed by atoms with van der Waals surface area (Å²) in [5.41, 5.74) is -1.07. The normalized spacial score (nSPS) is 13.4. The second-order valence-electron chi connectivity index (χ2n) is 8.44. The molecule has 1 N–H and O–H groups in total. The van der Waals surface area contributed by atoms with Crippen LogP contribution in [0.25, 0.3) is 0 Å². The van der Waals surface area contributed by atoms with Crippen molar-refractivity contribution in [2.24, 2.45) is 0 Å². The van der Waals surface area contributed by atoms with Gasteiger partial charge in [-0.15, -0.1) is 0 Å². The Kier molecular flexibility index (Phi) is 19.8.